The number of carbonyl (C=O) groups excluding carboxylic acids is 1. The second-order valence-electron chi connectivity index (χ2n) is 6.40. The van der Waals surface area contributed by atoms with Crippen molar-refractivity contribution in [1.82, 2.24) is 20.0 Å². The van der Waals surface area contributed by atoms with Crippen molar-refractivity contribution in [2.24, 2.45) is 0 Å². The summed E-state index contributed by atoms with van der Waals surface area (Å²) in [5.41, 5.74) is 2.01. The largest absolute Gasteiger partial charge is 0.484 e. The van der Waals surface area contributed by atoms with E-state index in [1.165, 1.54) is 0 Å². The Morgan fingerprint density at radius 3 is 2.92 bits per heavy atom. The fraction of sp³-hybridized carbons (Fsp3) is 0.444. The Kier molecular flexibility index (Phi) is 5.15. The highest BCUT2D eigenvalue weighted by molar-refractivity contribution is 5.78. The Bertz CT molecular complexity index is 669. The topological polar surface area (TPSA) is 61.5 Å². The van der Waals surface area contributed by atoms with Gasteiger partial charge in [-0.2, -0.15) is 5.10 Å². The van der Waals surface area contributed by atoms with Crippen LogP contribution in [0.15, 0.2) is 36.4 Å². The van der Waals surface area contributed by atoms with Crippen LogP contribution in [0.4, 0.5) is 0 Å². The Labute approximate surface area is 142 Å². The number of nitrogens with zero attached hydrogens (tertiary/aromatic N) is 3. The van der Waals surface area contributed by atoms with Gasteiger partial charge >= 0.3 is 0 Å². The Morgan fingerprint density at radius 1 is 1.38 bits per heavy atom. The van der Waals surface area contributed by atoms with Crippen LogP contribution in [-0.4, -0.2) is 53.2 Å². The zero-order chi connectivity index (χ0) is 16.9. The third kappa shape index (κ3) is 3.94. The maximum atomic E-state index is 12.5. The first-order chi connectivity index (χ1) is 11.6. The van der Waals surface area contributed by atoms with Crippen LogP contribution in [0, 0.1) is 0 Å². The molecule has 1 aromatic heterocycles. The lowest BCUT2D eigenvalue weighted by atomic mass is 10.1. The number of ether oxygens (including phenoxy) is 1. The van der Waals surface area contributed by atoms with E-state index in [1.54, 1.807) is 0 Å². The van der Waals surface area contributed by atoms with Gasteiger partial charge in [0.25, 0.3) is 5.91 Å². The third-order valence-electron chi connectivity index (χ3n) is 4.16. The van der Waals surface area contributed by atoms with Gasteiger partial charge in [-0.3, -0.25) is 9.89 Å². The smallest absolute Gasteiger partial charge is 0.261 e. The Morgan fingerprint density at radius 2 is 2.17 bits per heavy atom. The molecule has 0 spiro atoms. The first-order valence-corrected chi connectivity index (χ1v) is 8.29. The highest BCUT2D eigenvalue weighted by atomic mass is 16.5. The fourth-order valence-electron chi connectivity index (χ4n) is 3.09. The van der Waals surface area contributed by atoms with Gasteiger partial charge in [0.1, 0.15) is 5.75 Å². The number of H-pyrrole nitrogens is 1. The summed E-state index contributed by atoms with van der Waals surface area (Å²) in [6, 6.07) is 11.5. The summed E-state index contributed by atoms with van der Waals surface area (Å²) in [6.45, 7) is 1.64. The van der Waals surface area contributed by atoms with Crippen molar-refractivity contribution >= 4 is 5.91 Å². The number of carbonyl (C=O) groups is 1. The first-order valence-electron chi connectivity index (χ1n) is 8.29. The summed E-state index contributed by atoms with van der Waals surface area (Å²) >= 11 is 0. The molecule has 2 heterocycles. The van der Waals surface area contributed by atoms with Crippen molar-refractivity contribution in [1.29, 1.82) is 0 Å². The van der Waals surface area contributed by atoms with Gasteiger partial charge in [-0.25, -0.2) is 0 Å². The van der Waals surface area contributed by atoms with E-state index >= 15 is 0 Å². The maximum Gasteiger partial charge on any atom is 0.261 e. The molecule has 1 fully saturated rings. The average molecular weight is 328 g/mol. The highest BCUT2D eigenvalue weighted by Crippen LogP contribution is 2.31. The van der Waals surface area contributed by atoms with Gasteiger partial charge in [-0.05, 0) is 45.1 Å². The number of nitrogens with one attached hydrogen (secondary N) is 1. The molecule has 1 aliphatic rings. The molecule has 1 N–H and O–H groups in total. The lowest BCUT2D eigenvalue weighted by Crippen LogP contribution is -2.34. The van der Waals surface area contributed by atoms with Gasteiger partial charge < -0.3 is 14.5 Å². The van der Waals surface area contributed by atoms with Crippen molar-refractivity contribution < 1.29 is 9.53 Å². The normalized spacial score (nSPS) is 17.5. The second kappa shape index (κ2) is 7.49. The molecule has 1 unspecified atom stereocenters. The summed E-state index contributed by atoms with van der Waals surface area (Å²) in [5, 5.41) is 7.49. The van der Waals surface area contributed by atoms with Crippen molar-refractivity contribution in [3.05, 3.63) is 47.8 Å². The first kappa shape index (κ1) is 16.5. The summed E-state index contributed by atoms with van der Waals surface area (Å²) in [7, 11) is 4.04. The van der Waals surface area contributed by atoms with Crippen LogP contribution in [0.3, 0.4) is 0 Å². The van der Waals surface area contributed by atoms with Crippen LogP contribution in [0.1, 0.15) is 30.3 Å². The number of aromatic amines is 1. The number of hydrogen-bond donors (Lipinski definition) is 1. The van der Waals surface area contributed by atoms with Crippen LogP contribution in [-0.2, 0) is 11.3 Å². The molecule has 0 bridgehead atoms. The molecule has 0 aliphatic carbocycles. The number of aromatic nitrogens is 2. The van der Waals surface area contributed by atoms with Crippen molar-refractivity contribution in [3.8, 4) is 5.75 Å². The van der Waals surface area contributed by atoms with Gasteiger partial charge in [-0.15, -0.1) is 0 Å². The summed E-state index contributed by atoms with van der Waals surface area (Å²) in [5.74, 6) is 0.730. The van der Waals surface area contributed by atoms with E-state index < -0.39 is 0 Å². The molecule has 0 saturated carbocycles. The lowest BCUT2D eigenvalue weighted by molar-refractivity contribution is -0.134. The van der Waals surface area contributed by atoms with E-state index in [1.807, 2.05) is 49.3 Å². The maximum absolute atomic E-state index is 12.5. The van der Waals surface area contributed by atoms with E-state index in [0.717, 1.165) is 43.1 Å². The molecular weight excluding hydrogens is 304 g/mol. The monoisotopic (exact) mass is 328 g/mol. The molecule has 6 heteroatoms. The quantitative estimate of drug-likeness (QED) is 0.883. The fourth-order valence-corrected chi connectivity index (χ4v) is 3.09. The van der Waals surface area contributed by atoms with Crippen molar-refractivity contribution in [3.63, 3.8) is 0 Å². The number of rotatable bonds is 6. The van der Waals surface area contributed by atoms with E-state index in [0.29, 0.717) is 0 Å². The number of amides is 1. The zero-order valence-corrected chi connectivity index (χ0v) is 14.2. The number of hydrogen-bond acceptors (Lipinski definition) is 4. The number of likely N-dealkylation sites (tertiary alicyclic amines) is 1. The zero-order valence-electron chi connectivity index (χ0n) is 14.2. The molecule has 3 rings (SSSR count). The van der Waals surface area contributed by atoms with Crippen molar-refractivity contribution in [2.75, 3.05) is 27.2 Å². The van der Waals surface area contributed by atoms with Crippen molar-refractivity contribution in [2.45, 2.75) is 25.4 Å². The van der Waals surface area contributed by atoms with Gasteiger partial charge in [-0.1, -0.05) is 18.2 Å². The minimum atomic E-state index is 0.0125. The number of benzene rings is 1. The molecule has 1 aliphatic heterocycles. The summed E-state index contributed by atoms with van der Waals surface area (Å²) < 4.78 is 5.60. The lowest BCUT2D eigenvalue weighted by Gasteiger charge is -2.23. The van der Waals surface area contributed by atoms with E-state index in [9.17, 15) is 4.79 Å². The van der Waals surface area contributed by atoms with E-state index in [-0.39, 0.29) is 18.6 Å². The average Bonchev–Trinajstić information content (AvgIpc) is 3.22. The molecule has 2 aromatic rings. The second-order valence-corrected chi connectivity index (χ2v) is 6.40. The van der Waals surface area contributed by atoms with Crippen LogP contribution < -0.4 is 4.74 Å². The minimum absolute atomic E-state index is 0.0125. The molecule has 1 aromatic carbocycles. The van der Waals surface area contributed by atoms with Gasteiger partial charge in [0.2, 0.25) is 0 Å². The molecule has 0 radical (unpaired) electrons. The molecule has 24 heavy (non-hydrogen) atoms. The molecule has 128 valence electrons. The number of para-hydroxylation sites is 1. The predicted molar refractivity (Wildman–Crippen MR) is 91.6 cm³/mol. The molecule has 1 amide bonds. The standard InChI is InChI=1S/C18H24N4O2/c1-21(2)12-14-11-16(20-19-14)17-9-6-10-22(17)18(23)13-24-15-7-4-3-5-8-15/h3-5,7-8,11,17H,6,9-10,12-13H2,1-2H3,(H,19,20). The predicted octanol–water partition coefficient (Wildman–Crippen LogP) is 2.21. The highest BCUT2D eigenvalue weighted by Gasteiger charge is 2.31. The van der Waals surface area contributed by atoms with Gasteiger partial charge in [0.05, 0.1) is 11.7 Å². The molecule has 1 saturated heterocycles. The van der Waals surface area contributed by atoms with E-state index in [4.69, 9.17) is 4.74 Å². The Hall–Kier alpha value is -2.34. The van der Waals surface area contributed by atoms with Crippen LogP contribution in [0.5, 0.6) is 5.75 Å². The van der Waals surface area contributed by atoms with Crippen LogP contribution in [0.25, 0.3) is 0 Å². The van der Waals surface area contributed by atoms with Crippen LogP contribution >= 0.6 is 0 Å². The summed E-state index contributed by atoms with van der Waals surface area (Å²) in [4.78, 5) is 16.5. The van der Waals surface area contributed by atoms with E-state index in [2.05, 4.69) is 21.2 Å². The SMILES string of the molecule is CN(C)Cc1cc(C2CCCN2C(=O)COc2ccccc2)n[nH]1. The third-order valence-corrected chi connectivity index (χ3v) is 4.16. The Balaban J connectivity index is 1.62. The molecular formula is C18H24N4O2. The minimum Gasteiger partial charge on any atom is -0.484 e. The van der Waals surface area contributed by atoms with Gasteiger partial charge in [0, 0.05) is 18.8 Å². The van der Waals surface area contributed by atoms with Crippen LogP contribution in [0.2, 0.25) is 0 Å². The van der Waals surface area contributed by atoms with Gasteiger partial charge in [0.15, 0.2) is 6.61 Å². The molecule has 1 atom stereocenters. The molecule has 6 nitrogen and oxygen atoms in total. The summed E-state index contributed by atoms with van der Waals surface area (Å²) in [6.07, 6.45) is 1.95.